The van der Waals surface area contributed by atoms with Gasteiger partial charge in [-0.1, -0.05) is 24.9 Å². The molecule has 1 aromatic rings. The van der Waals surface area contributed by atoms with Gasteiger partial charge in [0.1, 0.15) is 9.67 Å². The van der Waals surface area contributed by atoms with Crippen molar-refractivity contribution in [2.24, 2.45) is 0 Å². The summed E-state index contributed by atoms with van der Waals surface area (Å²) in [4.78, 5) is 6.66. The van der Waals surface area contributed by atoms with E-state index in [4.69, 9.17) is 12.2 Å². The first-order chi connectivity index (χ1) is 4.75. The first-order valence-corrected chi connectivity index (χ1v) is 3.50. The lowest BCUT2D eigenvalue weighted by Crippen LogP contribution is -1.85. The molecule has 0 spiro atoms. The summed E-state index contributed by atoms with van der Waals surface area (Å²) in [5, 5.41) is 0.610. The molecule has 11 heavy (non-hydrogen) atoms. The first kappa shape index (κ1) is 10.3. The lowest BCUT2D eigenvalue weighted by molar-refractivity contribution is 0.824. The van der Waals surface area contributed by atoms with Crippen LogP contribution in [0.15, 0.2) is 17.9 Å². The molecule has 60 valence electrons. The molecule has 0 aliphatic rings. The van der Waals surface area contributed by atoms with E-state index in [2.05, 4.69) is 29.2 Å². The van der Waals surface area contributed by atoms with Gasteiger partial charge in [-0.2, -0.15) is 0 Å². The van der Waals surface area contributed by atoms with Gasteiger partial charge in [-0.05, 0) is 0 Å². The van der Waals surface area contributed by atoms with E-state index in [0.717, 1.165) is 5.56 Å². The summed E-state index contributed by atoms with van der Waals surface area (Å²) < 4.78 is 0.620. The Hall–Kier alpha value is -0.650. The van der Waals surface area contributed by atoms with Gasteiger partial charge in [0, 0.05) is 5.56 Å². The van der Waals surface area contributed by atoms with Crippen LogP contribution in [0.2, 0.25) is 0 Å². The van der Waals surface area contributed by atoms with E-state index in [1.165, 1.54) is 6.33 Å². The Morgan fingerprint density at radius 2 is 2.36 bits per heavy atom. The molecular weight excluding hydrogens is 180 g/mol. The van der Waals surface area contributed by atoms with Gasteiger partial charge in [-0.3, -0.25) is 0 Å². The third-order valence-electron chi connectivity index (χ3n) is 1.07. The lowest BCUT2D eigenvalue weighted by atomic mass is 10.3. The van der Waals surface area contributed by atoms with Gasteiger partial charge < -0.3 is 10.5 Å². The highest BCUT2D eigenvalue weighted by Crippen LogP contribution is 2.10. The Morgan fingerprint density at radius 3 is 2.73 bits per heavy atom. The molecule has 1 rings (SSSR count). The van der Waals surface area contributed by atoms with E-state index in [9.17, 15) is 0 Å². The maximum absolute atomic E-state index is 4.92. The Balaban J connectivity index is 0.000001000. The van der Waals surface area contributed by atoms with Gasteiger partial charge in [0.05, 0.1) is 6.33 Å². The third-order valence-corrected chi connectivity index (χ3v) is 1.77. The van der Waals surface area contributed by atoms with Crippen LogP contribution in [0.4, 0.5) is 0 Å². The van der Waals surface area contributed by atoms with Crippen molar-refractivity contribution in [2.75, 3.05) is 0 Å². The number of hydrogen-bond acceptors (Lipinski definition) is 3. The molecule has 0 fully saturated rings. The molecule has 0 radical (unpaired) electrons. The monoisotopic (exact) mass is 188 g/mol. The highest BCUT2D eigenvalue weighted by molar-refractivity contribution is 7.80. The molecule has 0 atom stereocenters. The quantitative estimate of drug-likeness (QED) is 0.396. The third kappa shape index (κ3) is 2.14. The van der Waals surface area contributed by atoms with Crippen molar-refractivity contribution in [1.29, 1.82) is 0 Å². The fourth-order valence-corrected chi connectivity index (χ4v) is 1.15. The average molecular weight is 188 g/mol. The number of hydrogen-bond donors (Lipinski definition) is 2. The minimum absolute atomic E-state index is 0. The van der Waals surface area contributed by atoms with Crippen molar-refractivity contribution in [3.05, 3.63) is 23.1 Å². The standard InChI is InChI=1S/C6H6N2S2.H2O/c1-2-4-5(9)7-3-8-6(4)10;/h2-3H,1H2,(H2,7,8,9,10);1H2. The molecule has 0 aliphatic carbocycles. The normalized spacial score (nSPS) is 8.45. The smallest absolute Gasteiger partial charge is 0.114 e. The number of aromatic nitrogens is 2. The number of aromatic amines is 1. The van der Waals surface area contributed by atoms with Crippen molar-refractivity contribution < 1.29 is 5.48 Å². The molecule has 0 aliphatic heterocycles. The summed E-state index contributed by atoms with van der Waals surface area (Å²) in [6, 6.07) is 0. The van der Waals surface area contributed by atoms with Crippen LogP contribution in [0.25, 0.3) is 6.08 Å². The van der Waals surface area contributed by atoms with Crippen LogP contribution in [0.1, 0.15) is 5.56 Å². The molecule has 1 aromatic heterocycles. The van der Waals surface area contributed by atoms with Crippen molar-refractivity contribution >= 4 is 30.9 Å². The summed E-state index contributed by atoms with van der Waals surface area (Å²) in [5.41, 5.74) is 0.779. The molecule has 5 heteroatoms. The Morgan fingerprint density at radius 1 is 1.73 bits per heavy atom. The largest absolute Gasteiger partial charge is 0.412 e. The van der Waals surface area contributed by atoms with Gasteiger partial charge in [-0.15, -0.1) is 12.6 Å². The summed E-state index contributed by atoms with van der Waals surface area (Å²) >= 11 is 9.00. The zero-order valence-electron chi connectivity index (χ0n) is 5.66. The predicted octanol–water partition coefficient (Wildman–Crippen LogP) is 1.25. The average Bonchev–Trinajstić information content (AvgIpc) is 1.88. The molecule has 0 bridgehead atoms. The van der Waals surface area contributed by atoms with E-state index < -0.39 is 0 Å². The van der Waals surface area contributed by atoms with Crippen molar-refractivity contribution in [3.8, 4) is 0 Å². The van der Waals surface area contributed by atoms with Crippen LogP contribution in [0.5, 0.6) is 0 Å². The number of rotatable bonds is 1. The van der Waals surface area contributed by atoms with Gasteiger partial charge >= 0.3 is 0 Å². The Bertz CT molecular complexity index is 308. The summed E-state index contributed by atoms with van der Waals surface area (Å²) in [6.07, 6.45) is 3.14. The number of nitrogens with one attached hydrogen (secondary N) is 1. The number of thiol groups is 1. The van der Waals surface area contributed by atoms with E-state index in [1.807, 2.05) is 0 Å². The minimum Gasteiger partial charge on any atom is -0.412 e. The second kappa shape index (κ2) is 4.27. The zero-order chi connectivity index (χ0) is 7.56. The molecule has 1 heterocycles. The fraction of sp³-hybridized carbons (Fsp3) is 0. The Labute approximate surface area is 74.9 Å². The molecular formula is C6H8N2OS2. The highest BCUT2D eigenvalue weighted by atomic mass is 32.1. The van der Waals surface area contributed by atoms with Crippen LogP contribution in [-0.2, 0) is 0 Å². The molecule has 0 saturated heterocycles. The second-order valence-corrected chi connectivity index (χ2v) is 2.50. The maximum Gasteiger partial charge on any atom is 0.114 e. The van der Waals surface area contributed by atoms with Gasteiger partial charge in [-0.25, -0.2) is 4.98 Å². The van der Waals surface area contributed by atoms with Crippen LogP contribution in [0.3, 0.4) is 0 Å². The summed E-state index contributed by atoms with van der Waals surface area (Å²) in [5.74, 6) is 0. The molecule has 0 amide bonds. The van der Waals surface area contributed by atoms with E-state index in [1.54, 1.807) is 6.08 Å². The van der Waals surface area contributed by atoms with Crippen molar-refractivity contribution in [3.63, 3.8) is 0 Å². The fourth-order valence-electron chi connectivity index (χ4n) is 0.585. The summed E-state index contributed by atoms with van der Waals surface area (Å²) in [6.45, 7) is 3.58. The van der Waals surface area contributed by atoms with E-state index in [-0.39, 0.29) is 5.48 Å². The topological polar surface area (TPSA) is 60.2 Å². The van der Waals surface area contributed by atoms with Crippen molar-refractivity contribution in [1.82, 2.24) is 9.97 Å². The van der Waals surface area contributed by atoms with Gasteiger partial charge in [0.15, 0.2) is 0 Å². The maximum atomic E-state index is 4.92. The van der Waals surface area contributed by atoms with Crippen LogP contribution >= 0.6 is 24.8 Å². The number of nitrogens with zero attached hydrogens (tertiary/aromatic N) is 1. The highest BCUT2D eigenvalue weighted by Gasteiger charge is 1.94. The minimum atomic E-state index is 0. The van der Waals surface area contributed by atoms with Crippen LogP contribution in [0, 0.1) is 4.64 Å². The van der Waals surface area contributed by atoms with Crippen LogP contribution in [-0.4, -0.2) is 15.4 Å². The molecule has 0 aromatic carbocycles. The van der Waals surface area contributed by atoms with Crippen LogP contribution < -0.4 is 0 Å². The molecule has 3 nitrogen and oxygen atoms in total. The van der Waals surface area contributed by atoms with Gasteiger partial charge in [0.25, 0.3) is 0 Å². The SMILES string of the molecule is C=Cc1c(S)nc[nH]c1=S.O. The lowest BCUT2D eigenvalue weighted by Gasteiger charge is -1.94. The molecule has 0 saturated carbocycles. The first-order valence-electron chi connectivity index (χ1n) is 2.65. The van der Waals surface area contributed by atoms with Crippen molar-refractivity contribution in [2.45, 2.75) is 5.03 Å². The predicted molar refractivity (Wildman–Crippen MR) is 50.4 cm³/mol. The summed E-state index contributed by atoms with van der Waals surface area (Å²) in [7, 11) is 0. The number of H-pyrrole nitrogens is 1. The van der Waals surface area contributed by atoms with E-state index in [0.29, 0.717) is 9.67 Å². The Kier molecular flexibility index (Phi) is 4.02. The van der Waals surface area contributed by atoms with Gasteiger partial charge in [0.2, 0.25) is 0 Å². The second-order valence-electron chi connectivity index (χ2n) is 1.67. The van der Waals surface area contributed by atoms with E-state index >= 15 is 0 Å². The molecule has 3 N–H and O–H groups in total. The molecule has 0 unspecified atom stereocenters. The zero-order valence-corrected chi connectivity index (χ0v) is 7.38.